The molecule has 2 aromatic rings. The predicted molar refractivity (Wildman–Crippen MR) is 87.0 cm³/mol. The number of nitrogens with zero attached hydrogens (tertiary/aromatic N) is 1. The number of benzene rings is 2. The third kappa shape index (κ3) is 3.76. The van der Waals surface area contributed by atoms with Crippen LogP contribution < -0.4 is 9.64 Å². The number of rotatable bonds is 6. The van der Waals surface area contributed by atoms with E-state index in [1.54, 1.807) is 7.11 Å². The average Bonchev–Trinajstić information content (AvgIpc) is 2.54. The Labute approximate surface area is 126 Å². The van der Waals surface area contributed by atoms with E-state index < -0.39 is 6.10 Å². The quantitative estimate of drug-likeness (QED) is 0.882. The van der Waals surface area contributed by atoms with Crippen LogP contribution in [0.2, 0.25) is 0 Å². The molecule has 1 atom stereocenters. The summed E-state index contributed by atoms with van der Waals surface area (Å²) >= 11 is 0. The summed E-state index contributed by atoms with van der Waals surface area (Å²) < 4.78 is 5.36. The van der Waals surface area contributed by atoms with Gasteiger partial charge in [-0.15, -0.1) is 0 Å². The van der Waals surface area contributed by atoms with E-state index in [9.17, 15) is 5.11 Å². The first kappa shape index (κ1) is 15.4. The molecule has 0 fully saturated rings. The fourth-order valence-electron chi connectivity index (χ4n) is 2.38. The summed E-state index contributed by atoms with van der Waals surface area (Å²) in [5, 5.41) is 10.4. The zero-order valence-corrected chi connectivity index (χ0v) is 12.9. The smallest absolute Gasteiger partial charge is 0.142 e. The maximum atomic E-state index is 10.4. The molecule has 0 aliphatic rings. The molecule has 0 radical (unpaired) electrons. The minimum atomic E-state index is -0.522. The lowest BCUT2D eigenvalue weighted by molar-refractivity contribution is 0.185. The first-order valence-electron chi connectivity index (χ1n) is 7.26. The fraction of sp³-hybridized carbons (Fsp3) is 0.333. The summed E-state index contributed by atoms with van der Waals surface area (Å²) in [6.07, 6.45) is 0.489. The lowest BCUT2D eigenvalue weighted by Gasteiger charge is -2.24. The van der Waals surface area contributed by atoms with Crippen molar-refractivity contribution in [3.8, 4) is 5.75 Å². The second kappa shape index (κ2) is 7.14. The second-order valence-electron chi connectivity index (χ2n) is 5.16. The third-order valence-electron chi connectivity index (χ3n) is 3.72. The number of hydrogen-bond acceptors (Lipinski definition) is 3. The van der Waals surface area contributed by atoms with Crippen LogP contribution in [0.15, 0.2) is 48.5 Å². The molecule has 0 aliphatic heterocycles. The second-order valence-corrected chi connectivity index (χ2v) is 5.16. The van der Waals surface area contributed by atoms with Gasteiger partial charge in [-0.05, 0) is 29.7 Å². The van der Waals surface area contributed by atoms with Crippen LogP contribution in [0.25, 0.3) is 0 Å². The minimum absolute atomic E-state index is 0.520. The monoisotopic (exact) mass is 285 g/mol. The number of aryl methyl sites for hydroxylation is 1. The van der Waals surface area contributed by atoms with E-state index in [1.807, 2.05) is 48.3 Å². The van der Waals surface area contributed by atoms with Crippen LogP contribution in [0.3, 0.4) is 0 Å². The maximum absolute atomic E-state index is 10.4. The lowest BCUT2D eigenvalue weighted by atomic mass is 10.1. The number of aliphatic hydroxyl groups is 1. The highest BCUT2D eigenvalue weighted by Gasteiger charge is 2.13. The zero-order valence-electron chi connectivity index (χ0n) is 12.9. The molecule has 0 bridgehead atoms. The fourth-order valence-corrected chi connectivity index (χ4v) is 2.38. The van der Waals surface area contributed by atoms with Gasteiger partial charge in [-0.3, -0.25) is 0 Å². The van der Waals surface area contributed by atoms with Crippen LogP contribution in [0.1, 0.15) is 24.2 Å². The number of ether oxygens (including phenoxy) is 1. The van der Waals surface area contributed by atoms with E-state index in [0.717, 1.165) is 23.4 Å². The van der Waals surface area contributed by atoms with Gasteiger partial charge in [-0.2, -0.15) is 0 Å². The molecule has 1 unspecified atom stereocenters. The number of methoxy groups -OCH3 is 1. The van der Waals surface area contributed by atoms with E-state index in [2.05, 4.69) is 19.1 Å². The van der Waals surface area contributed by atoms with Crippen LogP contribution in [-0.4, -0.2) is 25.8 Å². The normalized spacial score (nSPS) is 12.0. The Balaban J connectivity index is 2.08. The number of hydrogen-bond donors (Lipinski definition) is 1. The SMILES string of the molecule is CCc1ccc(C(O)CN(C)c2ccccc2OC)cc1. The Hall–Kier alpha value is -2.00. The maximum Gasteiger partial charge on any atom is 0.142 e. The Morgan fingerprint density at radius 3 is 2.38 bits per heavy atom. The van der Waals surface area contributed by atoms with Crippen molar-refractivity contribution in [3.63, 3.8) is 0 Å². The van der Waals surface area contributed by atoms with Gasteiger partial charge in [-0.25, -0.2) is 0 Å². The highest BCUT2D eigenvalue weighted by atomic mass is 16.5. The average molecular weight is 285 g/mol. The molecule has 2 rings (SSSR count). The van der Waals surface area contributed by atoms with Crippen LogP contribution >= 0.6 is 0 Å². The zero-order chi connectivity index (χ0) is 15.2. The van der Waals surface area contributed by atoms with Gasteiger partial charge in [0, 0.05) is 13.6 Å². The van der Waals surface area contributed by atoms with Crippen LogP contribution in [0.5, 0.6) is 5.75 Å². The van der Waals surface area contributed by atoms with Gasteiger partial charge in [0.1, 0.15) is 5.75 Å². The van der Waals surface area contributed by atoms with Crippen molar-refractivity contribution in [1.82, 2.24) is 0 Å². The molecule has 0 heterocycles. The summed E-state index contributed by atoms with van der Waals surface area (Å²) in [7, 11) is 3.62. The van der Waals surface area contributed by atoms with Gasteiger partial charge < -0.3 is 14.7 Å². The molecule has 0 saturated carbocycles. The Bertz CT molecular complexity index is 566. The Kier molecular flexibility index (Phi) is 5.23. The van der Waals surface area contributed by atoms with Crippen LogP contribution in [0.4, 0.5) is 5.69 Å². The van der Waals surface area contributed by atoms with E-state index in [0.29, 0.717) is 6.54 Å². The topological polar surface area (TPSA) is 32.7 Å². The van der Waals surface area contributed by atoms with Gasteiger partial charge in [0.05, 0.1) is 18.9 Å². The van der Waals surface area contributed by atoms with Crippen molar-refractivity contribution in [3.05, 3.63) is 59.7 Å². The van der Waals surface area contributed by atoms with Crippen molar-refractivity contribution >= 4 is 5.69 Å². The lowest BCUT2D eigenvalue weighted by Crippen LogP contribution is -2.24. The van der Waals surface area contributed by atoms with Gasteiger partial charge in [0.2, 0.25) is 0 Å². The Morgan fingerprint density at radius 2 is 1.76 bits per heavy atom. The first-order valence-corrected chi connectivity index (χ1v) is 7.26. The highest BCUT2D eigenvalue weighted by Crippen LogP contribution is 2.28. The third-order valence-corrected chi connectivity index (χ3v) is 3.72. The number of aliphatic hydroxyl groups excluding tert-OH is 1. The molecule has 0 saturated heterocycles. The predicted octanol–water partition coefficient (Wildman–Crippen LogP) is 3.43. The molecular formula is C18H23NO2. The van der Waals surface area contributed by atoms with E-state index in [4.69, 9.17) is 4.74 Å². The van der Waals surface area contributed by atoms with Crippen molar-refractivity contribution in [2.75, 3.05) is 25.6 Å². The van der Waals surface area contributed by atoms with Gasteiger partial charge in [0.25, 0.3) is 0 Å². The van der Waals surface area contributed by atoms with Crippen LogP contribution in [-0.2, 0) is 6.42 Å². The van der Waals surface area contributed by atoms with Crippen molar-refractivity contribution in [2.24, 2.45) is 0 Å². The summed E-state index contributed by atoms with van der Waals surface area (Å²) in [5.41, 5.74) is 3.20. The number of para-hydroxylation sites is 2. The summed E-state index contributed by atoms with van der Waals surface area (Å²) in [4.78, 5) is 2.01. The number of anilines is 1. The molecule has 3 heteroatoms. The van der Waals surface area contributed by atoms with Gasteiger partial charge >= 0.3 is 0 Å². The van der Waals surface area contributed by atoms with Gasteiger partial charge in [0.15, 0.2) is 0 Å². The van der Waals surface area contributed by atoms with E-state index in [-0.39, 0.29) is 0 Å². The molecule has 0 aromatic heterocycles. The van der Waals surface area contributed by atoms with Crippen LogP contribution in [0, 0.1) is 0 Å². The molecule has 112 valence electrons. The van der Waals surface area contributed by atoms with E-state index in [1.165, 1.54) is 5.56 Å². The Morgan fingerprint density at radius 1 is 1.10 bits per heavy atom. The largest absolute Gasteiger partial charge is 0.495 e. The van der Waals surface area contributed by atoms with Crippen molar-refractivity contribution < 1.29 is 9.84 Å². The summed E-state index contributed by atoms with van der Waals surface area (Å²) in [5.74, 6) is 0.813. The molecule has 21 heavy (non-hydrogen) atoms. The molecule has 0 aliphatic carbocycles. The highest BCUT2D eigenvalue weighted by molar-refractivity contribution is 5.58. The molecule has 1 N–H and O–H groups in total. The molecule has 0 amide bonds. The van der Waals surface area contributed by atoms with Gasteiger partial charge in [-0.1, -0.05) is 43.3 Å². The summed E-state index contributed by atoms with van der Waals surface area (Å²) in [6.45, 7) is 2.65. The molecule has 0 spiro atoms. The minimum Gasteiger partial charge on any atom is -0.495 e. The molecule has 2 aromatic carbocycles. The van der Waals surface area contributed by atoms with Crippen molar-refractivity contribution in [1.29, 1.82) is 0 Å². The molecular weight excluding hydrogens is 262 g/mol. The standard InChI is InChI=1S/C18H23NO2/c1-4-14-9-11-15(12-10-14)17(20)13-19(2)16-7-5-6-8-18(16)21-3/h5-12,17,20H,4,13H2,1-3H3. The van der Waals surface area contributed by atoms with Crippen molar-refractivity contribution in [2.45, 2.75) is 19.4 Å². The van der Waals surface area contributed by atoms with E-state index >= 15 is 0 Å². The molecule has 3 nitrogen and oxygen atoms in total. The summed E-state index contributed by atoms with van der Waals surface area (Å²) in [6, 6.07) is 16.0. The number of likely N-dealkylation sites (N-methyl/N-ethyl adjacent to an activating group) is 1. The first-order chi connectivity index (χ1) is 10.2.